The number of benzene rings is 2. The molecule has 3 rings (SSSR count). The number of halogens is 1. The second-order valence-corrected chi connectivity index (χ2v) is 5.26. The zero-order valence-corrected chi connectivity index (χ0v) is 11.8. The maximum atomic E-state index is 11.9. The van der Waals surface area contributed by atoms with Gasteiger partial charge < -0.3 is 15.8 Å². The monoisotopic (exact) mass is 300 g/mol. The van der Waals surface area contributed by atoms with Crippen LogP contribution in [0, 0.1) is 0 Å². The number of H-pyrrole nitrogens is 1. The van der Waals surface area contributed by atoms with E-state index < -0.39 is 11.8 Å². The number of aromatic nitrogens is 1. The quantitative estimate of drug-likeness (QED) is 0.694. The number of aromatic amines is 1. The first-order valence-electron chi connectivity index (χ1n) is 6.41. The molecule has 0 saturated carbocycles. The van der Waals surface area contributed by atoms with Crippen molar-refractivity contribution in [2.75, 3.05) is 0 Å². The van der Waals surface area contributed by atoms with Gasteiger partial charge in [-0.05, 0) is 29.8 Å². The molecule has 0 fully saturated rings. The van der Waals surface area contributed by atoms with Crippen LogP contribution in [0.2, 0.25) is 5.02 Å². The number of amides is 1. The summed E-state index contributed by atoms with van der Waals surface area (Å²) in [6.07, 6.45) is 1.73. The van der Waals surface area contributed by atoms with E-state index in [2.05, 4.69) is 4.98 Å². The van der Waals surface area contributed by atoms with Crippen molar-refractivity contribution in [3.8, 4) is 5.75 Å². The van der Waals surface area contributed by atoms with Crippen molar-refractivity contribution in [2.45, 2.75) is 5.92 Å². The van der Waals surface area contributed by atoms with Crippen LogP contribution < -0.4 is 5.73 Å². The van der Waals surface area contributed by atoms with Crippen molar-refractivity contribution in [1.29, 1.82) is 0 Å². The van der Waals surface area contributed by atoms with Gasteiger partial charge in [-0.1, -0.05) is 29.8 Å². The molecule has 1 heterocycles. The molecule has 5 heteroatoms. The van der Waals surface area contributed by atoms with Crippen LogP contribution in [0.4, 0.5) is 0 Å². The maximum Gasteiger partial charge on any atom is 0.229 e. The van der Waals surface area contributed by atoms with Gasteiger partial charge in [0.15, 0.2) is 0 Å². The minimum atomic E-state index is -0.738. The molecule has 2 aromatic carbocycles. The molecule has 0 aliphatic rings. The summed E-state index contributed by atoms with van der Waals surface area (Å²) in [5.74, 6) is -1.23. The van der Waals surface area contributed by atoms with Crippen LogP contribution in [0.25, 0.3) is 10.9 Å². The summed E-state index contributed by atoms with van der Waals surface area (Å²) in [5, 5.41) is 11.4. The summed E-state index contributed by atoms with van der Waals surface area (Å²) in [4.78, 5) is 15.0. The molecule has 1 atom stereocenters. The van der Waals surface area contributed by atoms with Crippen molar-refractivity contribution >= 4 is 28.4 Å². The number of fused-ring (bicyclic) bond motifs is 1. The van der Waals surface area contributed by atoms with Crippen molar-refractivity contribution in [3.63, 3.8) is 0 Å². The Morgan fingerprint density at radius 1 is 1.19 bits per heavy atom. The van der Waals surface area contributed by atoms with E-state index in [0.717, 1.165) is 10.9 Å². The van der Waals surface area contributed by atoms with E-state index in [1.165, 1.54) is 6.07 Å². The van der Waals surface area contributed by atoms with Crippen LogP contribution in [0.15, 0.2) is 48.7 Å². The Kier molecular flexibility index (Phi) is 3.31. The third-order valence-corrected chi connectivity index (χ3v) is 3.75. The fourth-order valence-corrected chi connectivity index (χ4v) is 2.73. The number of rotatable bonds is 3. The molecule has 0 saturated heterocycles. The lowest BCUT2D eigenvalue weighted by molar-refractivity contribution is -0.118. The summed E-state index contributed by atoms with van der Waals surface area (Å²) >= 11 is 6.03. The van der Waals surface area contributed by atoms with Crippen LogP contribution in [0.1, 0.15) is 17.0 Å². The number of phenolic OH excluding ortho intramolecular Hbond substituents is 1. The van der Waals surface area contributed by atoms with Crippen LogP contribution in [-0.4, -0.2) is 16.0 Å². The van der Waals surface area contributed by atoms with Gasteiger partial charge in [-0.3, -0.25) is 4.79 Å². The van der Waals surface area contributed by atoms with E-state index >= 15 is 0 Å². The zero-order chi connectivity index (χ0) is 15.0. The number of hydrogen-bond donors (Lipinski definition) is 3. The normalized spacial score (nSPS) is 12.4. The van der Waals surface area contributed by atoms with Gasteiger partial charge in [-0.2, -0.15) is 0 Å². The number of para-hydroxylation sites is 1. The summed E-state index contributed by atoms with van der Waals surface area (Å²) in [6, 6.07) is 12.1. The maximum absolute atomic E-state index is 11.9. The largest absolute Gasteiger partial charge is 0.508 e. The van der Waals surface area contributed by atoms with Gasteiger partial charge in [-0.15, -0.1) is 0 Å². The first-order chi connectivity index (χ1) is 10.1. The van der Waals surface area contributed by atoms with Gasteiger partial charge in [-0.25, -0.2) is 0 Å². The van der Waals surface area contributed by atoms with Crippen LogP contribution in [0.5, 0.6) is 5.75 Å². The number of nitrogens with one attached hydrogen (secondary N) is 1. The fraction of sp³-hybridized carbons (Fsp3) is 0.0625. The lowest BCUT2D eigenvalue weighted by Crippen LogP contribution is -2.22. The van der Waals surface area contributed by atoms with Crippen molar-refractivity contribution in [1.82, 2.24) is 4.98 Å². The van der Waals surface area contributed by atoms with Crippen LogP contribution >= 0.6 is 11.6 Å². The van der Waals surface area contributed by atoms with Crippen molar-refractivity contribution in [2.24, 2.45) is 5.73 Å². The predicted octanol–water partition coefficient (Wildman–Crippen LogP) is 3.14. The molecular weight excluding hydrogens is 288 g/mol. The standard InChI is InChI=1S/C16H13ClN2O2/c17-9-5-6-13-11(7-9)12(8-19-13)15(16(18)21)10-3-1-2-4-14(10)20/h1-8,15,19-20H,(H2,18,21). The average molecular weight is 301 g/mol. The molecule has 1 unspecified atom stereocenters. The Bertz CT molecular complexity index is 826. The highest BCUT2D eigenvalue weighted by Gasteiger charge is 2.25. The van der Waals surface area contributed by atoms with Gasteiger partial charge in [0, 0.05) is 27.7 Å². The van der Waals surface area contributed by atoms with E-state index in [-0.39, 0.29) is 5.75 Å². The number of nitrogens with two attached hydrogens (primary N) is 1. The van der Waals surface area contributed by atoms with Gasteiger partial charge >= 0.3 is 0 Å². The predicted molar refractivity (Wildman–Crippen MR) is 82.5 cm³/mol. The van der Waals surface area contributed by atoms with E-state index in [1.54, 1.807) is 36.5 Å². The molecule has 106 valence electrons. The molecule has 0 aliphatic carbocycles. The van der Waals surface area contributed by atoms with E-state index in [4.69, 9.17) is 17.3 Å². The summed E-state index contributed by atoms with van der Waals surface area (Å²) in [6.45, 7) is 0. The number of phenols is 1. The average Bonchev–Trinajstić information content (AvgIpc) is 2.84. The SMILES string of the molecule is NC(=O)C(c1ccccc1O)c1c[nH]c2ccc(Cl)cc12. The fourth-order valence-electron chi connectivity index (χ4n) is 2.56. The third kappa shape index (κ3) is 2.34. The van der Waals surface area contributed by atoms with Gasteiger partial charge in [0.1, 0.15) is 5.75 Å². The van der Waals surface area contributed by atoms with Gasteiger partial charge in [0.05, 0.1) is 5.92 Å². The Hall–Kier alpha value is -2.46. The molecule has 1 aromatic heterocycles. The van der Waals surface area contributed by atoms with Crippen LogP contribution in [-0.2, 0) is 4.79 Å². The Balaban J connectivity index is 2.24. The smallest absolute Gasteiger partial charge is 0.229 e. The number of hydrogen-bond acceptors (Lipinski definition) is 2. The third-order valence-electron chi connectivity index (χ3n) is 3.52. The van der Waals surface area contributed by atoms with Crippen molar-refractivity contribution in [3.05, 3.63) is 64.8 Å². The molecule has 0 bridgehead atoms. The molecular formula is C16H13ClN2O2. The van der Waals surface area contributed by atoms with Crippen LogP contribution in [0.3, 0.4) is 0 Å². The highest BCUT2D eigenvalue weighted by Crippen LogP contribution is 2.35. The minimum Gasteiger partial charge on any atom is -0.508 e. The Labute approximate surface area is 126 Å². The molecule has 4 N–H and O–H groups in total. The summed E-state index contributed by atoms with van der Waals surface area (Å²) in [7, 11) is 0. The van der Waals surface area contributed by atoms with E-state index in [9.17, 15) is 9.90 Å². The molecule has 0 radical (unpaired) electrons. The lowest BCUT2D eigenvalue weighted by Gasteiger charge is -2.14. The number of carbonyl (C=O) groups is 1. The second-order valence-electron chi connectivity index (χ2n) is 4.83. The van der Waals surface area contributed by atoms with Gasteiger partial charge in [0.2, 0.25) is 5.91 Å². The lowest BCUT2D eigenvalue weighted by atomic mass is 9.90. The molecule has 0 aliphatic heterocycles. The Morgan fingerprint density at radius 2 is 1.95 bits per heavy atom. The number of aromatic hydroxyl groups is 1. The zero-order valence-electron chi connectivity index (χ0n) is 11.0. The Morgan fingerprint density at radius 3 is 2.67 bits per heavy atom. The van der Waals surface area contributed by atoms with E-state index in [0.29, 0.717) is 16.1 Å². The topological polar surface area (TPSA) is 79.1 Å². The number of carbonyl (C=O) groups excluding carboxylic acids is 1. The van der Waals surface area contributed by atoms with Crippen molar-refractivity contribution < 1.29 is 9.90 Å². The molecule has 21 heavy (non-hydrogen) atoms. The second kappa shape index (κ2) is 5.14. The van der Waals surface area contributed by atoms with Gasteiger partial charge in [0.25, 0.3) is 0 Å². The summed E-state index contributed by atoms with van der Waals surface area (Å²) in [5.41, 5.74) is 7.59. The first-order valence-corrected chi connectivity index (χ1v) is 6.79. The highest BCUT2D eigenvalue weighted by atomic mass is 35.5. The highest BCUT2D eigenvalue weighted by molar-refractivity contribution is 6.31. The van der Waals surface area contributed by atoms with E-state index in [1.807, 2.05) is 6.07 Å². The molecule has 1 amide bonds. The molecule has 0 spiro atoms. The molecule has 3 aromatic rings. The number of primary amides is 1. The minimum absolute atomic E-state index is 0.0395. The first kappa shape index (κ1) is 13.5. The molecule has 4 nitrogen and oxygen atoms in total. The summed E-state index contributed by atoms with van der Waals surface area (Å²) < 4.78 is 0.